The molecule has 0 aliphatic carbocycles. The van der Waals surface area contributed by atoms with Crippen LogP contribution in [0.25, 0.3) is 16.9 Å². The Morgan fingerprint density at radius 2 is 1.78 bits per heavy atom. The lowest BCUT2D eigenvalue weighted by Gasteiger charge is -2.05. The fraction of sp³-hybridized carbons (Fsp3) is 0.316. The fourth-order valence-corrected chi connectivity index (χ4v) is 2.22. The smallest absolute Gasteiger partial charge is 0.137 e. The first-order chi connectivity index (χ1) is 11.3. The highest BCUT2D eigenvalue weighted by Gasteiger charge is 2.04. The van der Waals surface area contributed by atoms with Gasteiger partial charge in [-0.1, -0.05) is 19.9 Å². The molecule has 0 aliphatic rings. The van der Waals surface area contributed by atoms with Gasteiger partial charge in [0.15, 0.2) is 0 Å². The van der Waals surface area contributed by atoms with E-state index in [-0.39, 0.29) is 6.61 Å². The molecule has 4 heteroatoms. The second kappa shape index (κ2) is 8.34. The van der Waals surface area contributed by atoms with Crippen LogP contribution < -0.4 is 4.74 Å². The van der Waals surface area contributed by atoms with Crippen molar-refractivity contribution in [2.45, 2.75) is 27.2 Å². The molecule has 2 aromatic heterocycles. The number of nitrogens with zero attached hydrogens (tertiary/aromatic N) is 2. The molecule has 2 heterocycles. The van der Waals surface area contributed by atoms with Crippen LogP contribution in [0.4, 0.5) is 0 Å². The number of aliphatic hydroxyl groups is 1. The molecule has 0 amide bonds. The number of fused-ring (bicyclic) bond motifs is 1. The lowest BCUT2D eigenvalue weighted by atomic mass is 10.2. The van der Waals surface area contributed by atoms with Crippen molar-refractivity contribution in [1.82, 2.24) is 9.38 Å². The maximum atomic E-state index is 8.74. The van der Waals surface area contributed by atoms with Crippen LogP contribution in [-0.2, 0) is 0 Å². The minimum absolute atomic E-state index is 0.152. The van der Waals surface area contributed by atoms with Crippen molar-refractivity contribution in [2.75, 3.05) is 13.2 Å². The predicted octanol–water partition coefficient (Wildman–Crippen LogP) is 4.10. The summed E-state index contributed by atoms with van der Waals surface area (Å²) in [6.45, 7) is 6.75. The minimum Gasteiger partial charge on any atom is -0.494 e. The van der Waals surface area contributed by atoms with E-state index in [1.54, 1.807) is 0 Å². The van der Waals surface area contributed by atoms with Crippen LogP contribution in [0.1, 0.15) is 25.8 Å². The summed E-state index contributed by atoms with van der Waals surface area (Å²) in [5.74, 6) is 0.812. The molecule has 0 atom stereocenters. The number of benzene rings is 1. The quantitative estimate of drug-likeness (QED) is 0.722. The van der Waals surface area contributed by atoms with Gasteiger partial charge >= 0.3 is 0 Å². The Balaban J connectivity index is 0.000000924. The number of hydrogen-bond donors (Lipinski definition) is 1. The Bertz CT molecular complexity index is 733. The summed E-state index contributed by atoms with van der Waals surface area (Å²) in [6.07, 6.45) is 4.75. The van der Waals surface area contributed by atoms with Gasteiger partial charge in [-0.2, -0.15) is 0 Å². The summed E-state index contributed by atoms with van der Waals surface area (Å²) in [7, 11) is 0. The first-order valence-corrected chi connectivity index (χ1v) is 8.06. The standard InChI is InChI=1S/C17H18N2O2.C2H6/c1-13-3-8-17-18-16(12-19(17)11-13)14-4-6-15(7-5-14)21-10-2-9-20;1-2/h3-8,11-12,20H,2,9-10H2,1H3;1-2H3. The molecular weight excluding hydrogens is 288 g/mol. The van der Waals surface area contributed by atoms with Crippen LogP contribution in [0.2, 0.25) is 0 Å². The minimum atomic E-state index is 0.152. The zero-order valence-electron chi connectivity index (χ0n) is 14.0. The average Bonchev–Trinajstić information content (AvgIpc) is 3.00. The molecule has 0 saturated carbocycles. The van der Waals surface area contributed by atoms with Crippen molar-refractivity contribution in [1.29, 1.82) is 0 Å². The molecule has 122 valence electrons. The van der Waals surface area contributed by atoms with Gasteiger partial charge in [-0.15, -0.1) is 0 Å². The van der Waals surface area contributed by atoms with Crippen molar-refractivity contribution >= 4 is 5.65 Å². The number of aromatic nitrogens is 2. The summed E-state index contributed by atoms with van der Waals surface area (Å²) in [5, 5.41) is 8.74. The van der Waals surface area contributed by atoms with Crippen molar-refractivity contribution < 1.29 is 9.84 Å². The third kappa shape index (κ3) is 4.33. The Morgan fingerprint density at radius 1 is 1.04 bits per heavy atom. The highest BCUT2D eigenvalue weighted by Crippen LogP contribution is 2.22. The third-order valence-electron chi connectivity index (χ3n) is 3.32. The number of imidazole rings is 1. The summed E-state index contributed by atoms with van der Waals surface area (Å²) in [5.41, 5.74) is 4.16. The molecule has 0 unspecified atom stereocenters. The van der Waals surface area contributed by atoms with Crippen molar-refractivity contribution in [3.8, 4) is 17.0 Å². The largest absolute Gasteiger partial charge is 0.494 e. The van der Waals surface area contributed by atoms with E-state index >= 15 is 0 Å². The van der Waals surface area contributed by atoms with Gasteiger partial charge in [0.05, 0.1) is 12.3 Å². The Morgan fingerprint density at radius 3 is 2.48 bits per heavy atom. The molecule has 23 heavy (non-hydrogen) atoms. The number of ether oxygens (including phenoxy) is 1. The van der Waals surface area contributed by atoms with Crippen LogP contribution in [0, 0.1) is 6.92 Å². The number of pyridine rings is 1. The van der Waals surface area contributed by atoms with Crippen LogP contribution >= 0.6 is 0 Å². The second-order valence-corrected chi connectivity index (χ2v) is 5.05. The monoisotopic (exact) mass is 312 g/mol. The van der Waals surface area contributed by atoms with Gasteiger partial charge in [0.1, 0.15) is 11.4 Å². The molecule has 0 bridgehead atoms. The Hall–Kier alpha value is -2.33. The SMILES string of the molecule is CC.Cc1ccc2nc(-c3ccc(OCCCO)cc3)cn2c1. The molecular formula is C19H24N2O2. The third-order valence-corrected chi connectivity index (χ3v) is 3.32. The van der Waals surface area contributed by atoms with Crippen LogP contribution in [0.3, 0.4) is 0 Å². The van der Waals surface area contributed by atoms with E-state index in [9.17, 15) is 0 Å². The van der Waals surface area contributed by atoms with Crippen LogP contribution in [-0.4, -0.2) is 27.7 Å². The average molecular weight is 312 g/mol. The van der Waals surface area contributed by atoms with E-state index in [1.807, 2.05) is 54.8 Å². The summed E-state index contributed by atoms with van der Waals surface area (Å²) in [6, 6.07) is 11.9. The molecule has 1 aromatic carbocycles. The lowest BCUT2D eigenvalue weighted by Crippen LogP contribution is -1.99. The van der Waals surface area contributed by atoms with Gasteiger partial charge in [-0.25, -0.2) is 4.98 Å². The lowest BCUT2D eigenvalue weighted by molar-refractivity contribution is 0.233. The number of hydrogen-bond acceptors (Lipinski definition) is 3. The predicted molar refractivity (Wildman–Crippen MR) is 93.9 cm³/mol. The second-order valence-electron chi connectivity index (χ2n) is 5.05. The molecule has 1 N–H and O–H groups in total. The van der Waals surface area contributed by atoms with Crippen LogP contribution in [0.15, 0.2) is 48.8 Å². The summed E-state index contributed by atoms with van der Waals surface area (Å²) in [4.78, 5) is 4.62. The van der Waals surface area contributed by atoms with E-state index in [0.717, 1.165) is 22.7 Å². The highest BCUT2D eigenvalue weighted by molar-refractivity contribution is 5.63. The summed E-state index contributed by atoms with van der Waals surface area (Å²) < 4.78 is 7.56. The molecule has 3 aromatic rings. The number of rotatable bonds is 5. The molecule has 0 radical (unpaired) electrons. The van der Waals surface area contributed by atoms with Gasteiger partial charge in [-0.05, 0) is 42.8 Å². The number of aliphatic hydroxyl groups excluding tert-OH is 1. The van der Waals surface area contributed by atoms with Gasteiger partial charge < -0.3 is 14.2 Å². The molecule has 0 fully saturated rings. The van der Waals surface area contributed by atoms with E-state index in [2.05, 4.69) is 24.2 Å². The zero-order chi connectivity index (χ0) is 16.7. The van der Waals surface area contributed by atoms with Crippen molar-refractivity contribution in [2.24, 2.45) is 0 Å². The van der Waals surface area contributed by atoms with E-state index in [1.165, 1.54) is 5.56 Å². The van der Waals surface area contributed by atoms with Crippen molar-refractivity contribution in [3.05, 3.63) is 54.4 Å². The zero-order valence-corrected chi connectivity index (χ0v) is 14.0. The maximum absolute atomic E-state index is 8.74. The van der Waals surface area contributed by atoms with E-state index < -0.39 is 0 Å². The van der Waals surface area contributed by atoms with Gasteiger partial charge in [0.25, 0.3) is 0 Å². The van der Waals surface area contributed by atoms with Gasteiger partial charge in [0, 0.05) is 31.0 Å². The van der Waals surface area contributed by atoms with Crippen LogP contribution in [0.5, 0.6) is 5.75 Å². The van der Waals surface area contributed by atoms with E-state index in [4.69, 9.17) is 9.84 Å². The molecule has 0 saturated heterocycles. The van der Waals surface area contributed by atoms with E-state index in [0.29, 0.717) is 13.0 Å². The topological polar surface area (TPSA) is 46.8 Å². The number of aryl methyl sites for hydroxylation is 1. The first kappa shape index (κ1) is 17.0. The Labute approximate surface area is 137 Å². The molecule has 0 spiro atoms. The van der Waals surface area contributed by atoms with Crippen molar-refractivity contribution in [3.63, 3.8) is 0 Å². The first-order valence-electron chi connectivity index (χ1n) is 8.06. The van der Waals surface area contributed by atoms with Gasteiger partial charge in [-0.3, -0.25) is 0 Å². The Kier molecular flexibility index (Phi) is 6.18. The maximum Gasteiger partial charge on any atom is 0.137 e. The highest BCUT2D eigenvalue weighted by atomic mass is 16.5. The normalized spacial score (nSPS) is 10.3. The fourth-order valence-electron chi connectivity index (χ4n) is 2.22. The molecule has 4 nitrogen and oxygen atoms in total. The van der Waals surface area contributed by atoms with Gasteiger partial charge in [0.2, 0.25) is 0 Å². The molecule has 0 aliphatic heterocycles. The summed E-state index contributed by atoms with van der Waals surface area (Å²) >= 11 is 0. The molecule has 3 rings (SSSR count).